The van der Waals surface area contributed by atoms with Gasteiger partial charge in [-0.1, -0.05) is 0 Å². The van der Waals surface area contributed by atoms with E-state index < -0.39 is 5.60 Å². The molecule has 2 atom stereocenters. The maximum absolute atomic E-state index is 12.2. The number of hydrogen-bond donors (Lipinski definition) is 2. The minimum atomic E-state index is -0.663. The molecule has 2 N–H and O–H groups in total. The number of amides is 1. The monoisotopic (exact) mass is 401 g/mol. The van der Waals surface area contributed by atoms with Crippen molar-refractivity contribution in [3.05, 3.63) is 29.5 Å². The van der Waals surface area contributed by atoms with Crippen molar-refractivity contribution in [2.45, 2.75) is 31.9 Å². The van der Waals surface area contributed by atoms with Crippen molar-refractivity contribution in [3.63, 3.8) is 0 Å². The van der Waals surface area contributed by atoms with Gasteiger partial charge in [-0.2, -0.15) is 0 Å². The van der Waals surface area contributed by atoms with Gasteiger partial charge in [-0.05, 0) is 43.5 Å². The van der Waals surface area contributed by atoms with Crippen LogP contribution in [0.4, 0.5) is 0 Å². The second kappa shape index (κ2) is 7.97. The second-order valence-corrected chi connectivity index (χ2v) is 8.45. The second-order valence-electron chi connectivity index (χ2n) is 8.45. The lowest BCUT2D eigenvalue weighted by atomic mass is 9.75. The number of benzene rings is 1. The number of hydrogen-bond acceptors (Lipinski definition) is 5. The van der Waals surface area contributed by atoms with Gasteiger partial charge in [0, 0.05) is 62.3 Å². The summed E-state index contributed by atoms with van der Waals surface area (Å²) in [6.07, 6.45) is 1.39. The van der Waals surface area contributed by atoms with Gasteiger partial charge in [0.05, 0.1) is 12.7 Å². The Balaban J connectivity index is 1.48. The molecule has 0 aliphatic carbocycles. The number of carbonyl (C=O) groups excluding carboxylic acids is 1. The smallest absolute Gasteiger partial charge is 0.248 e. The molecule has 1 aromatic heterocycles. The SMILES string of the molecule is COCC(=O)N1CC[C@]2(O)CCN(Cc3[nH]c4ccc(OC)cc4c3C)C[C@@H]2C1. The van der Waals surface area contributed by atoms with Crippen molar-refractivity contribution in [2.75, 3.05) is 47.0 Å². The number of aliphatic hydroxyl groups is 1. The summed E-state index contributed by atoms with van der Waals surface area (Å²) in [5.41, 5.74) is 2.88. The maximum Gasteiger partial charge on any atom is 0.248 e. The third-order valence-corrected chi connectivity index (χ3v) is 6.73. The number of H-pyrrole nitrogens is 1. The van der Waals surface area contributed by atoms with E-state index in [1.165, 1.54) is 16.6 Å². The average molecular weight is 402 g/mol. The number of fused-ring (bicyclic) bond motifs is 2. The Kier molecular flexibility index (Phi) is 5.55. The zero-order chi connectivity index (χ0) is 20.6. The molecule has 0 unspecified atom stereocenters. The van der Waals surface area contributed by atoms with Gasteiger partial charge in [0.25, 0.3) is 0 Å². The Bertz CT molecular complexity index is 896. The summed E-state index contributed by atoms with van der Waals surface area (Å²) in [4.78, 5) is 20.0. The first-order chi connectivity index (χ1) is 13.9. The molecule has 1 amide bonds. The Morgan fingerprint density at radius 3 is 2.83 bits per heavy atom. The Morgan fingerprint density at radius 1 is 1.28 bits per heavy atom. The van der Waals surface area contributed by atoms with Crippen LogP contribution in [0, 0.1) is 12.8 Å². The molecule has 2 fully saturated rings. The van der Waals surface area contributed by atoms with Crippen LogP contribution < -0.4 is 4.74 Å². The zero-order valence-corrected chi connectivity index (χ0v) is 17.5. The first-order valence-corrected chi connectivity index (χ1v) is 10.3. The number of rotatable bonds is 5. The van der Waals surface area contributed by atoms with E-state index >= 15 is 0 Å². The van der Waals surface area contributed by atoms with Crippen LogP contribution >= 0.6 is 0 Å². The minimum Gasteiger partial charge on any atom is -0.497 e. The molecular weight excluding hydrogens is 370 g/mol. The summed E-state index contributed by atoms with van der Waals surface area (Å²) < 4.78 is 10.4. The first-order valence-electron chi connectivity index (χ1n) is 10.3. The minimum absolute atomic E-state index is 0.00656. The fraction of sp³-hybridized carbons (Fsp3) is 0.591. The van der Waals surface area contributed by atoms with Gasteiger partial charge in [-0.25, -0.2) is 0 Å². The maximum atomic E-state index is 12.2. The fourth-order valence-electron chi connectivity index (χ4n) is 4.83. The number of aryl methyl sites for hydroxylation is 1. The van der Waals surface area contributed by atoms with Crippen molar-refractivity contribution in [1.82, 2.24) is 14.8 Å². The van der Waals surface area contributed by atoms with E-state index in [0.717, 1.165) is 37.3 Å². The van der Waals surface area contributed by atoms with E-state index in [9.17, 15) is 9.90 Å². The van der Waals surface area contributed by atoms with Crippen LogP contribution in [0.5, 0.6) is 5.75 Å². The lowest BCUT2D eigenvalue weighted by Crippen LogP contribution is -2.60. The molecule has 2 aromatic rings. The molecule has 2 aliphatic rings. The molecule has 4 rings (SSSR count). The van der Waals surface area contributed by atoms with Gasteiger partial charge in [-0.3, -0.25) is 9.69 Å². The van der Waals surface area contributed by atoms with Crippen LogP contribution in [-0.2, 0) is 16.1 Å². The van der Waals surface area contributed by atoms with E-state index in [0.29, 0.717) is 19.5 Å². The normalized spacial score (nSPS) is 25.2. The number of carbonyl (C=O) groups is 1. The van der Waals surface area contributed by atoms with Crippen molar-refractivity contribution in [3.8, 4) is 5.75 Å². The molecule has 0 bridgehead atoms. The number of likely N-dealkylation sites (tertiary alicyclic amines) is 2. The molecule has 7 heteroatoms. The molecule has 2 aliphatic heterocycles. The van der Waals surface area contributed by atoms with E-state index in [4.69, 9.17) is 9.47 Å². The van der Waals surface area contributed by atoms with Gasteiger partial charge < -0.3 is 24.5 Å². The van der Waals surface area contributed by atoms with Gasteiger partial charge in [0.2, 0.25) is 5.91 Å². The highest BCUT2D eigenvalue weighted by Crippen LogP contribution is 2.36. The number of methoxy groups -OCH3 is 2. The predicted molar refractivity (Wildman–Crippen MR) is 111 cm³/mol. The number of nitrogens with one attached hydrogen (secondary N) is 1. The number of aromatic amines is 1. The highest BCUT2D eigenvalue weighted by Gasteiger charge is 2.45. The fourth-order valence-corrected chi connectivity index (χ4v) is 4.83. The highest BCUT2D eigenvalue weighted by atomic mass is 16.5. The van der Waals surface area contributed by atoms with E-state index in [1.54, 1.807) is 14.2 Å². The molecule has 29 heavy (non-hydrogen) atoms. The summed E-state index contributed by atoms with van der Waals surface area (Å²) >= 11 is 0. The first kappa shape index (κ1) is 20.2. The molecule has 3 heterocycles. The van der Waals surface area contributed by atoms with Gasteiger partial charge in [0.15, 0.2) is 0 Å². The summed E-state index contributed by atoms with van der Waals surface area (Å²) in [6, 6.07) is 6.09. The van der Waals surface area contributed by atoms with Crippen LogP contribution in [0.25, 0.3) is 10.9 Å². The molecule has 0 radical (unpaired) electrons. The molecule has 158 valence electrons. The number of piperidine rings is 2. The molecule has 2 saturated heterocycles. The third-order valence-electron chi connectivity index (χ3n) is 6.73. The van der Waals surface area contributed by atoms with Crippen molar-refractivity contribution >= 4 is 16.8 Å². The Labute approximate surface area is 171 Å². The van der Waals surface area contributed by atoms with E-state index in [-0.39, 0.29) is 18.4 Å². The van der Waals surface area contributed by atoms with Crippen LogP contribution in [0.2, 0.25) is 0 Å². The van der Waals surface area contributed by atoms with Crippen LogP contribution in [-0.4, -0.2) is 78.4 Å². The zero-order valence-electron chi connectivity index (χ0n) is 17.5. The van der Waals surface area contributed by atoms with Crippen LogP contribution in [0.15, 0.2) is 18.2 Å². The van der Waals surface area contributed by atoms with E-state index in [2.05, 4.69) is 28.9 Å². The van der Waals surface area contributed by atoms with Crippen molar-refractivity contribution in [2.24, 2.45) is 5.92 Å². The molecule has 1 aromatic carbocycles. The summed E-state index contributed by atoms with van der Waals surface area (Å²) in [5, 5.41) is 12.3. The highest BCUT2D eigenvalue weighted by molar-refractivity contribution is 5.85. The summed E-state index contributed by atoms with van der Waals surface area (Å²) in [5.74, 6) is 0.930. The Morgan fingerprint density at radius 2 is 2.07 bits per heavy atom. The lowest BCUT2D eigenvalue weighted by molar-refractivity contribution is -0.150. The van der Waals surface area contributed by atoms with Crippen LogP contribution in [0.3, 0.4) is 0 Å². The van der Waals surface area contributed by atoms with Crippen molar-refractivity contribution in [1.29, 1.82) is 0 Å². The largest absolute Gasteiger partial charge is 0.497 e. The molecule has 7 nitrogen and oxygen atoms in total. The van der Waals surface area contributed by atoms with Crippen molar-refractivity contribution < 1.29 is 19.4 Å². The number of nitrogens with zero attached hydrogens (tertiary/aromatic N) is 2. The predicted octanol–water partition coefficient (Wildman–Crippen LogP) is 1.92. The Hall–Kier alpha value is -2.09. The quantitative estimate of drug-likeness (QED) is 0.800. The lowest BCUT2D eigenvalue weighted by Gasteiger charge is -2.50. The average Bonchev–Trinajstić information content (AvgIpc) is 3.02. The number of aromatic nitrogens is 1. The van der Waals surface area contributed by atoms with Gasteiger partial charge >= 0.3 is 0 Å². The standard InChI is InChI=1S/C22H31N3O4/c1-15-18-10-17(29-3)4-5-19(18)23-20(15)13-24-8-6-22(27)7-9-25(12-16(22)11-24)21(26)14-28-2/h4-5,10,16,23,27H,6-9,11-14H2,1-3H3/t16-,22-/m1/s1. The molecular formula is C22H31N3O4. The van der Waals surface area contributed by atoms with Gasteiger partial charge in [-0.15, -0.1) is 0 Å². The van der Waals surface area contributed by atoms with E-state index in [1.807, 2.05) is 11.0 Å². The topological polar surface area (TPSA) is 78.0 Å². The molecule has 0 spiro atoms. The number of ether oxygens (including phenoxy) is 2. The summed E-state index contributed by atoms with van der Waals surface area (Å²) in [7, 11) is 3.22. The molecule has 0 saturated carbocycles. The van der Waals surface area contributed by atoms with Crippen LogP contribution in [0.1, 0.15) is 24.1 Å². The van der Waals surface area contributed by atoms with Gasteiger partial charge in [0.1, 0.15) is 12.4 Å². The summed E-state index contributed by atoms with van der Waals surface area (Å²) in [6.45, 7) is 5.90. The third kappa shape index (κ3) is 3.86.